The molecule has 3 aromatic heterocycles. The van der Waals surface area contributed by atoms with Crippen LogP contribution < -0.4 is 9.47 Å². The van der Waals surface area contributed by atoms with Crippen LogP contribution >= 0.6 is 0 Å². The molecule has 5 rings (SSSR count). The van der Waals surface area contributed by atoms with E-state index < -0.39 is 29.9 Å². The number of hydrogen-bond acceptors (Lipinski definition) is 7. The summed E-state index contributed by atoms with van der Waals surface area (Å²) in [5.41, 5.74) is 1.33. The highest BCUT2D eigenvalue weighted by molar-refractivity contribution is 5.66. The molecule has 14 heteroatoms. The van der Waals surface area contributed by atoms with Crippen molar-refractivity contribution in [1.82, 2.24) is 29.5 Å². The molecule has 1 unspecified atom stereocenters. The Labute approximate surface area is 230 Å². The zero-order valence-electron chi connectivity index (χ0n) is 22.1. The molecule has 0 bridgehead atoms. The smallest absolute Gasteiger partial charge is 0.434 e. The summed E-state index contributed by atoms with van der Waals surface area (Å²) in [6.07, 6.45) is -4.27. The lowest BCUT2D eigenvalue weighted by molar-refractivity contribution is -0.163. The number of nitrogens with zero attached hydrogens (tertiary/aromatic N) is 6. The molecule has 0 saturated heterocycles. The minimum Gasteiger partial charge on any atom is -0.480 e. The third-order valence-corrected chi connectivity index (χ3v) is 6.65. The van der Waals surface area contributed by atoms with E-state index in [9.17, 15) is 26.3 Å². The summed E-state index contributed by atoms with van der Waals surface area (Å²) in [4.78, 5) is 21.0. The average molecular weight is 579 g/mol. The quantitative estimate of drug-likeness (QED) is 0.215. The van der Waals surface area contributed by atoms with Crippen molar-refractivity contribution in [2.75, 3.05) is 7.11 Å². The average Bonchev–Trinajstić information content (AvgIpc) is 3.68. The molecule has 8 nitrogen and oxygen atoms in total. The maximum atomic E-state index is 13.4. The molecule has 0 N–H and O–H groups in total. The summed E-state index contributed by atoms with van der Waals surface area (Å²) < 4.78 is 91.7. The Hall–Kier alpha value is -4.23. The first-order chi connectivity index (χ1) is 19.4. The van der Waals surface area contributed by atoms with Gasteiger partial charge in [-0.15, -0.1) is 0 Å². The van der Waals surface area contributed by atoms with Gasteiger partial charge in [-0.1, -0.05) is 24.3 Å². The molecule has 216 valence electrons. The zero-order valence-corrected chi connectivity index (χ0v) is 22.1. The van der Waals surface area contributed by atoms with E-state index in [4.69, 9.17) is 9.47 Å². The van der Waals surface area contributed by atoms with E-state index >= 15 is 0 Å². The molecule has 1 aliphatic carbocycles. The van der Waals surface area contributed by atoms with Gasteiger partial charge in [-0.2, -0.15) is 31.3 Å². The third kappa shape index (κ3) is 5.95. The molecule has 1 fully saturated rings. The van der Waals surface area contributed by atoms with Crippen LogP contribution in [0.3, 0.4) is 0 Å². The van der Waals surface area contributed by atoms with Gasteiger partial charge in [0.1, 0.15) is 30.4 Å². The second-order valence-electron chi connectivity index (χ2n) is 9.66. The third-order valence-electron chi connectivity index (χ3n) is 6.65. The molecule has 0 aliphatic heterocycles. The number of benzene rings is 1. The zero-order chi connectivity index (χ0) is 29.5. The number of hydrogen-bond donors (Lipinski definition) is 0. The Morgan fingerprint density at radius 2 is 1.68 bits per heavy atom. The van der Waals surface area contributed by atoms with Crippen LogP contribution in [0.2, 0.25) is 0 Å². The number of aromatic nitrogens is 6. The molecule has 1 saturated carbocycles. The molecule has 1 atom stereocenters. The molecule has 0 spiro atoms. The predicted octanol–water partition coefficient (Wildman–Crippen LogP) is 6.71. The Morgan fingerprint density at radius 3 is 2.29 bits per heavy atom. The normalized spacial score (nSPS) is 14.7. The molecule has 4 aromatic rings. The summed E-state index contributed by atoms with van der Waals surface area (Å²) in [6.45, 7) is 2.57. The van der Waals surface area contributed by atoms with Crippen molar-refractivity contribution in [2.45, 2.75) is 57.6 Å². The largest absolute Gasteiger partial charge is 0.480 e. The van der Waals surface area contributed by atoms with Gasteiger partial charge in [-0.3, -0.25) is 0 Å². The van der Waals surface area contributed by atoms with Gasteiger partial charge >= 0.3 is 12.4 Å². The van der Waals surface area contributed by atoms with Crippen molar-refractivity contribution in [3.63, 3.8) is 0 Å². The first-order valence-corrected chi connectivity index (χ1v) is 12.5. The number of aryl methyl sites for hydroxylation is 1. The minimum atomic E-state index is -4.90. The van der Waals surface area contributed by atoms with Gasteiger partial charge in [-0.25, -0.2) is 19.9 Å². The summed E-state index contributed by atoms with van der Waals surface area (Å²) in [5.74, 6) is 0.801. The standard InChI is InChI=1S/C27H24F6N6O2/c1-14-10-34-22(20-21(17-8-9-17)35-13-36-25(20)40-3)38-24(14)41-12-16-4-6-18(7-5-16)23-37-19(27(31,32)33)11-39(23)15(2)26(28,29)30/h4-7,10-11,13,15,17H,8-9,12H2,1-3H3. The lowest BCUT2D eigenvalue weighted by atomic mass is 10.1. The van der Waals surface area contributed by atoms with Crippen molar-refractivity contribution in [2.24, 2.45) is 0 Å². The highest BCUT2D eigenvalue weighted by Gasteiger charge is 2.42. The second kappa shape index (κ2) is 10.6. The van der Waals surface area contributed by atoms with Gasteiger partial charge in [0.25, 0.3) is 0 Å². The van der Waals surface area contributed by atoms with Gasteiger partial charge in [0, 0.05) is 29.4 Å². The Balaban J connectivity index is 1.39. The summed E-state index contributed by atoms with van der Waals surface area (Å²) >= 11 is 0. The lowest BCUT2D eigenvalue weighted by Gasteiger charge is -2.19. The van der Waals surface area contributed by atoms with E-state index in [0.717, 1.165) is 25.5 Å². The first kappa shape index (κ1) is 28.3. The second-order valence-corrected chi connectivity index (χ2v) is 9.66. The Morgan fingerprint density at radius 1 is 0.976 bits per heavy atom. The summed E-state index contributed by atoms with van der Waals surface area (Å²) in [5, 5.41) is 0. The fourth-order valence-corrected chi connectivity index (χ4v) is 4.20. The molecule has 0 amide bonds. The summed E-state index contributed by atoms with van der Waals surface area (Å²) in [7, 11) is 1.50. The maximum Gasteiger partial charge on any atom is 0.434 e. The summed E-state index contributed by atoms with van der Waals surface area (Å²) in [6, 6.07) is 3.65. The van der Waals surface area contributed by atoms with Crippen LogP contribution in [0.15, 0.2) is 43.0 Å². The van der Waals surface area contributed by atoms with Crippen LogP contribution in [0.4, 0.5) is 26.3 Å². The number of imidazole rings is 1. The first-order valence-electron chi connectivity index (χ1n) is 12.5. The molecule has 3 heterocycles. The van der Waals surface area contributed by atoms with Crippen molar-refractivity contribution in [3.8, 4) is 34.5 Å². The van der Waals surface area contributed by atoms with Crippen LogP contribution in [-0.2, 0) is 12.8 Å². The molecular weight excluding hydrogens is 554 g/mol. The predicted molar refractivity (Wildman–Crippen MR) is 134 cm³/mol. The number of rotatable bonds is 8. The van der Waals surface area contributed by atoms with Crippen molar-refractivity contribution in [1.29, 1.82) is 0 Å². The van der Waals surface area contributed by atoms with Gasteiger partial charge in [0.15, 0.2) is 11.5 Å². The van der Waals surface area contributed by atoms with E-state index in [-0.39, 0.29) is 24.0 Å². The van der Waals surface area contributed by atoms with E-state index in [1.54, 1.807) is 13.1 Å². The molecule has 41 heavy (non-hydrogen) atoms. The van der Waals surface area contributed by atoms with Gasteiger partial charge in [-0.05, 0) is 32.3 Å². The van der Waals surface area contributed by atoms with Crippen molar-refractivity contribution in [3.05, 3.63) is 65.5 Å². The topological polar surface area (TPSA) is 87.8 Å². The van der Waals surface area contributed by atoms with Gasteiger partial charge in [0.05, 0.1) is 12.8 Å². The molecule has 1 aromatic carbocycles. The SMILES string of the molecule is COc1ncnc(C2CC2)c1-c1ncc(C)c(OCc2ccc(-c3nc(C(F)(F)F)cn3C(C)C(F)(F)F)cc2)n1. The van der Waals surface area contributed by atoms with E-state index in [1.165, 1.54) is 37.7 Å². The molecular formula is C27H24F6N6O2. The molecule has 0 radical (unpaired) electrons. The highest BCUT2D eigenvalue weighted by Crippen LogP contribution is 2.45. The Bertz CT molecular complexity index is 1550. The van der Waals surface area contributed by atoms with Crippen LogP contribution in [0.25, 0.3) is 22.8 Å². The van der Waals surface area contributed by atoms with Crippen LogP contribution in [0.5, 0.6) is 11.8 Å². The van der Waals surface area contributed by atoms with Gasteiger partial charge in [0.2, 0.25) is 11.8 Å². The van der Waals surface area contributed by atoms with E-state index in [1.807, 2.05) is 0 Å². The van der Waals surface area contributed by atoms with Crippen molar-refractivity contribution >= 4 is 0 Å². The fourth-order valence-electron chi connectivity index (χ4n) is 4.20. The number of ether oxygens (including phenoxy) is 2. The van der Waals surface area contributed by atoms with Crippen LogP contribution in [-0.4, -0.2) is 42.8 Å². The maximum absolute atomic E-state index is 13.4. The van der Waals surface area contributed by atoms with Crippen molar-refractivity contribution < 1.29 is 35.8 Å². The number of methoxy groups -OCH3 is 1. The lowest BCUT2D eigenvalue weighted by Crippen LogP contribution is -2.24. The fraction of sp³-hybridized carbons (Fsp3) is 0.370. The minimum absolute atomic E-state index is 0.0245. The number of halogens is 6. The van der Waals surface area contributed by atoms with Gasteiger partial charge < -0.3 is 14.0 Å². The van der Waals surface area contributed by atoms with Crippen LogP contribution in [0, 0.1) is 6.92 Å². The van der Waals surface area contributed by atoms with E-state index in [2.05, 4.69) is 24.9 Å². The van der Waals surface area contributed by atoms with E-state index in [0.29, 0.717) is 39.2 Å². The van der Waals surface area contributed by atoms with Crippen LogP contribution in [0.1, 0.15) is 54.2 Å². The Kier molecular flexibility index (Phi) is 7.34. The monoisotopic (exact) mass is 578 g/mol. The highest BCUT2D eigenvalue weighted by atomic mass is 19.4. The molecule has 1 aliphatic rings. The number of alkyl halides is 6.